The van der Waals surface area contributed by atoms with Gasteiger partial charge in [0.25, 0.3) is 0 Å². The first kappa shape index (κ1) is 74.8. The summed E-state index contributed by atoms with van der Waals surface area (Å²) in [6.07, 6.45) is -9.85. The molecule has 6 amide bonds. The molecule has 0 radical (unpaired) electrons. The van der Waals surface area contributed by atoms with Gasteiger partial charge in [-0.25, -0.2) is 0 Å². The van der Waals surface area contributed by atoms with E-state index in [1.807, 2.05) is 0 Å². The first-order valence-corrected chi connectivity index (χ1v) is 29.2. The lowest BCUT2D eigenvalue weighted by atomic mass is 9.79. The van der Waals surface area contributed by atoms with Crippen LogP contribution in [0.4, 0.5) is 0 Å². The fourth-order valence-electron chi connectivity index (χ4n) is 10.5. The number of methoxy groups -OCH3 is 1. The summed E-state index contributed by atoms with van der Waals surface area (Å²) in [6.45, 7) is 1.03. The van der Waals surface area contributed by atoms with Crippen molar-refractivity contribution in [3.8, 4) is 0 Å². The normalized spacial score (nSPS) is 28.3. The van der Waals surface area contributed by atoms with Crippen LogP contribution >= 0.6 is 0 Å². The maximum absolute atomic E-state index is 13.7. The molecule has 3 aliphatic rings. The largest absolute Gasteiger partial charge is 0.396 e. The lowest BCUT2D eigenvalue weighted by Gasteiger charge is -2.42. The van der Waals surface area contributed by atoms with E-state index in [9.17, 15) is 84.3 Å². The molecule has 15 unspecified atom stereocenters. The molecule has 85 heavy (non-hydrogen) atoms. The summed E-state index contributed by atoms with van der Waals surface area (Å²) >= 11 is 0. The van der Waals surface area contributed by atoms with E-state index in [0.717, 1.165) is 0 Å². The van der Waals surface area contributed by atoms with Crippen molar-refractivity contribution in [1.29, 1.82) is 0 Å². The van der Waals surface area contributed by atoms with E-state index in [-0.39, 0.29) is 174 Å². The van der Waals surface area contributed by atoms with Gasteiger partial charge in [0.1, 0.15) is 42.1 Å². The van der Waals surface area contributed by atoms with Crippen LogP contribution in [-0.2, 0) is 71.5 Å². The molecule has 0 heterocycles. The number of carbonyl (C=O) groups excluding carboxylic acids is 8. The highest BCUT2D eigenvalue weighted by molar-refractivity contribution is 5.80. The molecule has 3 fully saturated rings. The average molecular weight is 1230 g/mol. The molecule has 15 N–H and O–H groups in total. The van der Waals surface area contributed by atoms with Crippen LogP contribution in [0.2, 0.25) is 0 Å². The second-order valence-corrected chi connectivity index (χ2v) is 22.1. The molecule has 0 aromatic rings. The predicted molar refractivity (Wildman–Crippen MR) is 296 cm³/mol. The zero-order valence-electron chi connectivity index (χ0n) is 49.4. The molecule has 0 spiro atoms. The number of aliphatic hydroxyl groups excluding tert-OH is 9. The number of ketones is 2. The molecule has 30 heteroatoms. The first-order valence-electron chi connectivity index (χ1n) is 29.2. The van der Waals surface area contributed by atoms with Gasteiger partial charge in [0.2, 0.25) is 35.4 Å². The van der Waals surface area contributed by atoms with Crippen molar-refractivity contribution in [3.63, 3.8) is 0 Å². The molecule has 0 saturated heterocycles. The van der Waals surface area contributed by atoms with Crippen molar-refractivity contribution in [3.05, 3.63) is 0 Å². The van der Waals surface area contributed by atoms with Gasteiger partial charge in [0.05, 0.1) is 101 Å². The zero-order chi connectivity index (χ0) is 63.1. The second-order valence-electron chi connectivity index (χ2n) is 22.1. The molecule has 0 aromatic heterocycles. The maximum Gasteiger partial charge on any atom is 0.222 e. The molecule has 3 aliphatic carbocycles. The monoisotopic (exact) mass is 1220 g/mol. The van der Waals surface area contributed by atoms with Gasteiger partial charge in [0.15, 0.2) is 0 Å². The lowest BCUT2D eigenvalue weighted by Crippen LogP contribution is -2.61. The topological polar surface area (TPSA) is 455 Å². The summed E-state index contributed by atoms with van der Waals surface area (Å²) in [5.74, 6) is -5.32. The van der Waals surface area contributed by atoms with Crippen molar-refractivity contribution < 1.29 is 117 Å². The Kier molecular flexibility index (Phi) is 35.3. The molecule has 15 atom stereocenters. The van der Waals surface area contributed by atoms with Gasteiger partial charge in [-0.15, -0.1) is 0 Å². The van der Waals surface area contributed by atoms with Crippen LogP contribution in [0.15, 0.2) is 0 Å². The molecule has 0 aliphatic heterocycles. The number of hydrogen-bond donors (Lipinski definition) is 15. The van der Waals surface area contributed by atoms with Crippen molar-refractivity contribution in [2.24, 2.45) is 17.8 Å². The van der Waals surface area contributed by atoms with Crippen molar-refractivity contribution in [1.82, 2.24) is 31.9 Å². The van der Waals surface area contributed by atoms with Crippen LogP contribution in [0, 0.1) is 17.8 Å². The minimum absolute atomic E-state index is 0.00717. The zero-order valence-corrected chi connectivity index (χ0v) is 49.4. The highest BCUT2D eigenvalue weighted by Crippen LogP contribution is 2.31. The Labute approximate surface area is 495 Å². The van der Waals surface area contributed by atoms with Gasteiger partial charge in [-0.05, 0) is 38.5 Å². The van der Waals surface area contributed by atoms with Gasteiger partial charge in [-0.2, -0.15) is 0 Å². The van der Waals surface area contributed by atoms with Crippen LogP contribution in [-0.4, -0.2) is 271 Å². The van der Waals surface area contributed by atoms with Gasteiger partial charge in [-0.1, -0.05) is 0 Å². The molecule has 3 rings (SSSR count). The van der Waals surface area contributed by atoms with Crippen LogP contribution in [0.25, 0.3) is 0 Å². The number of nitrogens with one attached hydrogen (secondary N) is 6. The van der Waals surface area contributed by atoms with E-state index in [1.54, 1.807) is 0 Å². The van der Waals surface area contributed by atoms with E-state index in [1.165, 1.54) is 27.9 Å². The standard InChI is InChI=1S/C55H96N6O24/c1-32(65)58-46-40(22-35(25-62)49(73)52(46)76)83-16-6-8-38(68)12-18-80-28-55(61-45(72)11-5-10-43(70)57-31-79-4,29-81-19-13-39(69)9-7-17-84-41-23-36(26-63)50(74)53(77)47(41)59-33(2)66)30-82-20-14-44(71)56-15-21-85-42-24-37(27-64)51(75)54(78)48(42)60-34(3)67/h35-37,40-42,46-54,62-64,73-78H,5-31H2,1-4H3,(H,56,71)(H,57,70)(H,58,65)(H,59,66)(H,60,67)(H,61,72). The quantitative estimate of drug-likeness (QED) is 0.0200. The van der Waals surface area contributed by atoms with Crippen molar-refractivity contribution >= 4 is 47.0 Å². The van der Waals surface area contributed by atoms with Crippen LogP contribution in [0.3, 0.4) is 0 Å². The van der Waals surface area contributed by atoms with Gasteiger partial charge in [-0.3, -0.25) is 38.4 Å². The fourth-order valence-corrected chi connectivity index (χ4v) is 10.5. The SMILES string of the molecule is COCNC(=O)CCCC(=O)NC(COCCC(=O)CCCOC1CC(CO)C(O)C(O)C1NC(C)=O)(COCCC(=O)CCCOC1CC(CO)C(O)C(O)C1NC(C)=O)COCCC(=O)NCCOC1CC(CO)C(O)C(O)C1NC(C)=O. The minimum atomic E-state index is -1.51. The van der Waals surface area contributed by atoms with Gasteiger partial charge >= 0.3 is 0 Å². The lowest BCUT2D eigenvalue weighted by molar-refractivity contribution is -0.143. The minimum Gasteiger partial charge on any atom is -0.396 e. The first-order chi connectivity index (χ1) is 40.5. The Morgan fingerprint density at radius 3 is 1.18 bits per heavy atom. The average Bonchev–Trinajstić information content (AvgIpc) is 2.98. The number of carbonyl (C=O) groups is 8. The Balaban J connectivity index is 1.68. The van der Waals surface area contributed by atoms with Crippen molar-refractivity contribution in [2.45, 2.75) is 183 Å². The molecule has 490 valence electrons. The van der Waals surface area contributed by atoms with Crippen LogP contribution in [0.5, 0.6) is 0 Å². The summed E-state index contributed by atoms with van der Waals surface area (Å²) in [5.41, 5.74) is -1.51. The second kappa shape index (κ2) is 40.1. The Morgan fingerprint density at radius 1 is 0.435 bits per heavy atom. The summed E-state index contributed by atoms with van der Waals surface area (Å²) in [5, 5.41) is 108. The predicted octanol–water partition coefficient (Wildman–Crippen LogP) is -5.36. The summed E-state index contributed by atoms with van der Waals surface area (Å²) in [4.78, 5) is 101. The third kappa shape index (κ3) is 26.8. The molecule has 0 aromatic carbocycles. The summed E-state index contributed by atoms with van der Waals surface area (Å²) in [7, 11) is 1.40. The highest BCUT2D eigenvalue weighted by atomic mass is 16.5. The Hall–Kier alpha value is -4.48. The maximum atomic E-state index is 13.7. The Morgan fingerprint density at radius 2 is 0.800 bits per heavy atom. The highest BCUT2D eigenvalue weighted by Gasteiger charge is 2.47. The Bertz CT molecular complexity index is 1860. The fraction of sp³-hybridized carbons (Fsp3) is 0.855. The van der Waals surface area contributed by atoms with E-state index >= 15 is 0 Å². The number of aliphatic hydroxyl groups is 9. The van der Waals surface area contributed by atoms with E-state index in [2.05, 4.69) is 31.9 Å². The molecule has 3 saturated carbocycles. The van der Waals surface area contributed by atoms with Crippen molar-refractivity contribution in [2.75, 3.05) is 99.7 Å². The van der Waals surface area contributed by atoms with Gasteiger partial charge < -0.3 is 111 Å². The number of rotatable bonds is 42. The third-order valence-corrected chi connectivity index (χ3v) is 15.1. The smallest absolute Gasteiger partial charge is 0.222 e. The molecule has 0 bridgehead atoms. The van der Waals surface area contributed by atoms with E-state index in [4.69, 9.17) is 33.2 Å². The summed E-state index contributed by atoms with van der Waals surface area (Å²) < 4.78 is 40.7. The number of ether oxygens (including phenoxy) is 7. The number of Topliss-reactive ketones (excluding diaryl/α,β-unsaturated/α-hetero) is 2. The molecular formula is C55H96N6O24. The van der Waals surface area contributed by atoms with E-state index in [0.29, 0.717) is 0 Å². The summed E-state index contributed by atoms with van der Waals surface area (Å²) in [6, 6.07) is -2.88. The van der Waals surface area contributed by atoms with Crippen LogP contribution in [0.1, 0.15) is 104 Å². The number of amides is 6. The molecule has 30 nitrogen and oxygen atoms in total. The van der Waals surface area contributed by atoms with Crippen LogP contribution < -0.4 is 31.9 Å². The number of hydrogen-bond acceptors (Lipinski definition) is 24. The van der Waals surface area contributed by atoms with Gasteiger partial charge in [0, 0.05) is 130 Å². The third-order valence-electron chi connectivity index (χ3n) is 15.1. The van der Waals surface area contributed by atoms with E-state index < -0.39 is 146 Å². The molecular weight excluding hydrogens is 1130 g/mol.